The Morgan fingerprint density at radius 2 is 1.69 bits per heavy atom. The number of carbonyl (C=O) groups is 1. The molecule has 7 heteroatoms. The largest absolute Gasteiger partial charge is 0.493 e. The van der Waals surface area contributed by atoms with E-state index < -0.39 is 0 Å². The second-order valence-corrected chi connectivity index (χ2v) is 6.47. The number of amides is 1. The van der Waals surface area contributed by atoms with Gasteiger partial charge in [0.15, 0.2) is 17.3 Å². The Morgan fingerprint density at radius 1 is 0.966 bits per heavy atom. The normalized spacial score (nSPS) is 13.8. The van der Waals surface area contributed by atoms with Gasteiger partial charge < -0.3 is 28.8 Å². The third-order valence-electron chi connectivity index (χ3n) is 4.59. The van der Waals surface area contributed by atoms with E-state index in [-0.39, 0.29) is 17.6 Å². The van der Waals surface area contributed by atoms with Gasteiger partial charge in [-0.2, -0.15) is 0 Å². The molecule has 1 aromatic heterocycles. The van der Waals surface area contributed by atoms with Crippen LogP contribution in [0.4, 0.5) is 11.4 Å². The lowest BCUT2D eigenvalue weighted by atomic mass is 10.2. The summed E-state index contributed by atoms with van der Waals surface area (Å²) >= 11 is 0. The molecule has 3 aromatic rings. The van der Waals surface area contributed by atoms with E-state index in [0.717, 1.165) is 32.0 Å². The quantitative estimate of drug-likeness (QED) is 0.677. The van der Waals surface area contributed by atoms with E-state index in [1.807, 2.05) is 36.4 Å². The van der Waals surface area contributed by atoms with Crippen LogP contribution in [0.1, 0.15) is 10.6 Å². The molecule has 1 fully saturated rings. The van der Waals surface area contributed by atoms with Gasteiger partial charge in [-0.3, -0.25) is 4.79 Å². The molecule has 0 saturated carbocycles. The number of para-hydroxylation sites is 2. The van der Waals surface area contributed by atoms with E-state index in [4.69, 9.17) is 18.6 Å². The Morgan fingerprint density at radius 3 is 2.41 bits per heavy atom. The molecule has 0 bridgehead atoms. The van der Waals surface area contributed by atoms with Crippen molar-refractivity contribution in [2.45, 2.75) is 0 Å². The standard InChI is InChI=1S/C22H22N2O5/c1-26-18-4-2-3-5-19(18)28-21-11-10-20(29-21)22(25)23-16-6-8-17(9-7-16)24-12-14-27-15-13-24/h2-11H,12-15H2,1H3,(H,23,25). The zero-order chi connectivity index (χ0) is 20.1. The molecule has 0 aliphatic carbocycles. The molecule has 0 radical (unpaired) electrons. The Kier molecular flexibility index (Phi) is 5.67. The number of anilines is 2. The van der Waals surface area contributed by atoms with Crippen LogP contribution in [0.5, 0.6) is 17.4 Å². The van der Waals surface area contributed by atoms with Crippen molar-refractivity contribution in [1.29, 1.82) is 0 Å². The molecule has 0 unspecified atom stereocenters. The fourth-order valence-corrected chi connectivity index (χ4v) is 3.08. The predicted octanol–water partition coefficient (Wildman–Crippen LogP) is 4.17. The predicted molar refractivity (Wildman–Crippen MR) is 109 cm³/mol. The van der Waals surface area contributed by atoms with Crippen LogP contribution in [0.2, 0.25) is 0 Å². The summed E-state index contributed by atoms with van der Waals surface area (Å²) in [6.45, 7) is 3.20. The minimum absolute atomic E-state index is 0.159. The number of ether oxygens (including phenoxy) is 3. The summed E-state index contributed by atoms with van der Waals surface area (Å²) in [6, 6.07) is 18.1. The van der Waals surface area contributed by atoms with E-state index in [1.54, 1.807) is 31.4 Å². The molecule has 2 heterocycles. The van der Waals surface area contributed by atoms with Crippen LogP contribution in [-0.4, -0.2) is 39.3 Å². The summed E-state index contributed by atoms with van der Waals surface area (Å²) in [5.41, 5.74) is 1.80. The Balaban J connectivity index is 1.39. The number of morpholine rings is 1. The molecular formula is C22H22N2O5. The lowest BCUT2D eigenvalue weighted by Crippen LogP contribution is -2.36. The second kappa shape index (κ2) is 8.70. The van der Waals surface area contributed by atoms with Crippen LogP contribution in [0.15, 0.2) is 65.1 Å². The average Bonchev–Trinajstić information content (AvgIpc) is 3.24. The van der Waals surface area contributed by atoms with Gasteiger partial charge in [-0.1, -0.05) is 12.1 Å². The molecule has 0 atom stereocenters. The molecule has 1 aliphatic heterocycles. The Hall–Kier alpha value is -3.45. The van der Waals surface area contributed by atoms with Crippen LogP contribution in [-0.2, 0) is 4.74 Å². The van der Waals surface area contributed by atoms with Gasteiger partial charge in [0.1, 0.15) is 0 Å². The van der Waals surface area contributed by atoms with E-state index in [9.17, 15) is 4.79 Å². The lowest BCUT2D eigenvalue weighted by molar-refractivity contribution is 0.0991. The molecular weight excluding hydrogens is 372 g/mol. The highest BCUT2D eigenvalue weighted by Crippen LogP contribution is 2.32. The van der Waals surface area contributed by atoms with Gasteiger partial charge in [0.25, 0.3) is 11.9 Å². The van der Waals surface area contributed by atoms with Crippen LogP contribution in [0.25, 0.3) is 0 Å². The van der Waals surface area contributed by atoms with Crippen molar-refractivity contribution in [1.82, 2.24) is 0 Å². The van der Waals surface area contributed by atoms with E-state index in [1.165, 1.54) is 0 Å². The first-order valence-electron chi connectivity index (χ1n) is 9.38. The third kappa shape index (κ3) is 4.52. The van der Waals surface area contributed by atoms with Crippen molar-refractivity contribution in [2.24, 2.45) is 0 Å². The maximum atomic E-state index is 12.5. The number of methoxy groups -OCH3 is 1. The molecule has 0 spiro atoms. The summed E-state index contributed by atoms with van der Waals surface area (Å²) in [5, 5.41) is 2.83. The molecule has 1 N–H and O–H groups in total. The zero-order valence-electron chi connectivity index (χ0n) is 16.1. The first kappa shape index (κ1) is 18.9. The summed E-state index contributed by atoms with van der Waals surface area (Å²) < 4.78 is 21.8. The molecule has 150 valence electrons. The summed E-state index contributed by atoms with van der Waals surface area (Å²) in [7, 11) is 1.56. The summed E-state index contributed by atoms with van der Waals surface area (Å²) in [6.07, 6.45) is 0. The number of hydrogen-bond acceptors (Lipinski definition) is 6. The number of nitrogens with one attached hydrogen (secondary N) is 1. The third-order valence-corrected chi connectivity index (χ3v) is 4.59. The number of nitrogens with zero attached hydrogens (tertiary/aromatic N) is 1. The lowest BCUT2D eigenvalue weighted by Gasteiger charge is -2.28. The molecule has 1 amide bonds. The topological polar surface area (TPSA) is 73.2 Å². The number of hydrogen-bond donors (Lipinski definition) is 1. The Bertz CT molecular complexity index is 961. The van der Waals surface area contributed by atoms with Gasteiger partial charge in [-0.15, -0.1) is 0 Å². The van der Waals surface area contributed by atoms with Crippen LogP contribution >= 0.6 is 0 Å². The average molecular weight is 394 g/mol. The van der Waals surface area contributed by atoms with E-state index >= 15 is 0 Å². The van der Waals surface area contributed by atoms with Gasteiger partial charge >= 0.3 is 0 Å². The van der Waals surface area contributed by atoms with Crippen molar-refractivity contribution in [3.05, 3.63) is 66.4 Å². The minimum Gasteiger partial charge on any atom is -0.493 e. The number of benzene rings is 2. The van der Waals surface area contributed by atoms with Gasteiger partial charge in [0, 0.05) is 30.5 Å². The molecule has 7 nitrogen and oxygen atoms in total. The van der Waals surface area contributed by atoms with E-state index in [2.05, 4.69) is 10.2 Å². The highest BCUT2D eigenvalue weighted by molar-refractivity contribution is 6.02. The Labute approximate surface area is 168 Å². The van der Waals surface area contributed by atoms with Crippen molar-refractivity contribution >= 4 is 17.3 Å². The fourth-order valence-electron chi connectivity index (χ4n) is 3.08. The molecule has 2 aromatic carbocycles. The van der Waals surface area contributed by atoms with Crippen molar-refractivity contribution in [2.75, 3.05) is 43.6 Å². The molecule has 29 heavy (non-hydrogen) atoms. The van der Waals surface area contributed by atoms with E-state index in [0.29, 0.717) is 17.2 Å². The maximum Gasteiger partial charge on any atom is 0.291 e. The first-order valence-corrected chi connectivity index (χ1v) is 9.38. The van der Waals surface area contributed by atoms with Crippen LogP contribution in [0, 0.1) is 0 Å². The monoisotopic (exact) mass is 394 g/mol. The van der Waals surface area contributed by atoms with Crippen LogP contribution in [0.3, 0.4) is 0 Å². The first-order chi connectivity index (χ1) is 14.2. The van der Waals surface area contributed by atoms with Gasteiger partial charge in [-0.05, 0) is 42.5 Å². The van der Waals surface area contributed by atoms with Crippen molar-refractivity contribution < 1.29 is 23.4 Å². The molecule has 1 aliphatic rings. The SMILES string of the molecule is COc1ccccc1Oc1ccc(C(=O)Nc2ccc(N3CCOCC3)cc2)o1. The molecule has 4 rings (SSSR count). The second-order valence-electron chi connectivity index (χ2n) is 6.47. The number of furan rings is 1. The van der Waals surface area contributed by atoms with Crippen LogP contribution < -0.4 is 19.7 Å². The smallest absolute Gasteiger partial charge is 0.291 e. The molecule has 1 saturated heterocycles. The summed E-state index contributed by atoms with van der Waals surface area (Å²) in [5.74, 6) is 1.11. The van der Waals surface area contributed by atoms with Gasteiger partial charge in [0.2, 0.25) is 0 Å². The number of carbonyl (C=O) groups excluding carboxylic acids is 1. The summed E-state index contributed by atoms with van der Waals surface area (Å²) in [4.78, 5) is 14.7. The number of rotatable bonds is 6. The minimum atomic E-state index is -0.348. The highest BCUT2D eigenvalue weighted by Gasteiger charge is 2.15. The highest BCUT2D eigenvalue weighted by atomic mass is 16.6. The zero-order valence-corrected chi connectivity index (χ0v) is 16.1. The maximum absolute atomic E-state index is 12.5. The van der Waals surface area contributed by atoms with Crippen molar-refractivity contribution in [3.63, 3.8) is 0 Å². The fraction of sp³-hybridized carbons (Fsp3) is 0.227. The van der Waals surface area contributed by atoms with Gasteiger partial charge in [-0.25, -0.2) is 0 Å². The van der Waals surface area contributed by atoms with Gasteiger partial charge in [0.05, 0.1) is 20.3 Å². The van der Waals surface area contributed by atoms with Crippen molar-refractivity contribution in [3.8, 4) is 17.4 Å².